The molecule has 3 N–H and O–H groups in total. The smallest absolute Gasteiger partial charge is 0.142 e. The molecule has 0 amide bonds. The summed E-state index contributed by atoms with van der Waals surface area (Å²) < 4.78 is 5.66. The fourth-order valence-corrected chi connectivity index (χ4v) is 2.39. The first kappa shape index (κ1) is 12.2. The Hall–Kier alpha value is -1.22. The van der Waals surface area contributed by atoms with Gasteiger partial charge in [-0.2, -0.15) is 0 Å². The zero-order valence-electron chi connectivity index (χ0n) is 10.7. The van der Waals surface area contributed by atoms with Crippen LogP contribution in [-0.4, -0.2) is 18.7 Å². The molecule has 17 heavy (non-hydrogen) atoms. The van der Waals surface area contributed by atoms with Gasteiger partial charge in [0.15, 0.2) is 0 Å². The molecule has 0 aromatic heterocycles. The van der Waals surface area contributed by atoms with Gasteiger partial charge in [0.25, 0.3) is 0 Å². The van der Waals surface area contributed by atoms with Gasteiger partial charge in [-0.05, 0) is 50.8 Å². The van der Waals surface area contributed by atoms with E-state index in [9.17, 15) is 0 Å². The largest absolute Gasteiger partial charge is 0.492 e. The van der Waals surface area contributed by atoms with Crippen molar-refractivity contribution in [3.05, 3.63) is 23.8 Å². The molecule has 2 unspecified atom stereocenters. The second-order valence-corrected chi connectivity index (χ2v) is 4.85. The molecule has 0 heterocycles. The minimum Gasteiger partial charge on any atom is -0.492 e. The zero-order chi connectivity index (χ0) is 12.3. The van der Waals surface area contributed by atoms with Crippen LogP contribution < -0.4 is 15.8 Å². The van der Waals surface area contributed by atoms with Crippen LogP contribution >= 0.6 is 0 Å². The van der Waals surface area contributed by atoms with Gasteiger partial charge in [0.2, 0.25) is 0 Å². The van der Waals surface area contributed by atoms with Crippen LogP contribution in [0.2, 0.25) is 0 Å². The van der Waals surface area contributed by atoms with E-state index in [1.54, 1.807) is 0 Å². The van der Waals surface area contributed by atoms with Crippen LogP contribution in [0.3, 0.4) is 0 Å². The molecular formula is C14H22N2O. The number of nitrogens with one attached hydrogen (secondary N) is 1. The molecular weight excluding hydrogens is 212 g/mol. The van der Waals surface area contributed by atoms with Crippen molar-refractivity contribution in [2.24, 2.45) is 5.73 Å². The summed E-state index contributed by atoms with van der Waals surface area (Å²) >= 11 is 0. The van der Waals surface area contributed by atoms with Gasteiger partial charge in [-0.3, -0.25) is 0 Å². The first-order valence-corrected chi connectivity index (χ1v) is 6.44. The summed E-state index contributed by atoms with van der Waals surface area (Å²) in [6.07, 6.45) is 3.33. The highest BCUT2D eigenvalue weighted by atomic mass is 16.5. The lowest BCUT2D eigenvalue weighted by Crippen LogP contribution is -2.21. The molecule has 3 heteroatoms. The van der Waals surface area contributed by atoms with Crippen LogP contribution in [-0.2, 0) is 0 Å². The summed E-state index contributed by atoms with van der Waals surface area (Å²) in [5.74, 6) is 0.952. The van der Waals surface area contributed by atoms with Crippen molar-refractivity contribution in [1.29, 1.82) is 0 Å². The molecule has 0 aliphatic heterocycles. The van der Waals surface area contributed by atoms with E-state index in [0.29, 0.717) is 18.7 Å². The Balaban J connectivity index is 2.08. The number of hydrogen-bond donors (Lipinski definition) is 2. The predicted octanol–water partition coefficient (Wildman–Crippen LogP) is 2.69. The average Bonchev–Trinajstić information content (AvgIpc) is 2.69. The quantitative estimate of drug-likeness (QED) is 0.842. The molecule has 2 atom stereocenters. The molecule has 3 nitrogen and oxygen atoms in total. The number of rotatable bonds is 4. The van der Waals surface area contributed by atoms with Gasteiger partial charge in [-0.25, -0.2) is 0 Å². The lowest BCUT2D eigenvalue weighted by atomic mass is 10.1. The fraction of sp³-hybridized carbons (Fsp3) is 0.571. The third-order valence-corrected chi connectivity index (χ3v) is 3.27. The van der Waals surface area contributed by atoms with Crippen LogP contribution in [0.1, 0.15) is 31.7 Å². The van der Waals surface area contributed by atoms with E-state index < -0.39 is 0 Å². The van der Waals surface area contributed by atoms with Crippen LogP contribution in [0.4, 0.5) is 5.69 Å². The van der Waals surface area contributed by atoms with Crippen molar-refractivity contribution in [2.45, 2.75) is 45.2 Å². The monoisotopic (exact) mass is 234 g/mol. The van der Waals surface area contributed by atoms with Crippen LogP contribution in [0.25, 0.3) is 0 Å². The Labute approximate surface area is 103 Å². The highest BCUT2D eigenvalue weighted by Gasteiger charge is 2.22. The zero-order valence-corrected chi connectivity index (χ0v) is 10.7. The number of nitrogens with two attached hydrogens (primary N) is 1. The molecule has 1 aromatic carbocycles. The lowest BCUT2D eigenvalue weighted by molar-refractivity contribution is 0.341. The maximum absolute atomic E-state index is 5.93. The number of aryl methyl sites for hydroxylation is 1. The van der Waals surface area contributed by atoms with E-state index in [1.807, 2.05) is 6.92 Å². The summed E-state index contributed by atoms with van der Waals surface area (Å²) in [6, 6.07) is 7.14. The molecule has 1 saturated carbocycles. The van der Waals surface area contributed by atoms with Crippen molar-refractivity contribution >= 4 is 5.69 Å². The minimum atomic E-state index is 0.355. The molecule has 0 radical (unpaired) electrons. The Morgan fingerprint density at radius 2 is 2.24 bits per heavy atom. The Morgan fingerprint density at radius 3 is 2.88 bits per heavy atom. The third kappa shape index (κ3) is 3.13. The van der Waals surface area contributed by atoms with Gasteiger partial charge in [0.05, 0.1) is 12.3 Å². The molecule has 0 bridgehead atoms. The van der Waals surface area contributed by atoms with Gasteiger partial charge < -0.3 is 15.8 Å². The second kappa shape index (κ2) is 5.41. The predicted molar refractivity (Wildman–Crippen MR) is 71.6 cm³/mol. The van der Waals surface area contributed by atoms with E-state index in [4.69, 9.17) is 10.5 Å². The summed E-state index contributed by atoms with van der Waals surface area (Å²) in [6.45, 7) is 4.79. The van der Waals surface area contributed by atoms with Crippen LogP contribution in [0.15, 0.2) is 18.2 Å². The topological polar surface area (TPSA) is 47.3 Å². The molecule has 94 valence electrons. The summed E-state index contributed by atoms with van der Waals surface area (Å²) in [5, 5.41) is 3.55. The Kier molecular flexibility index (Phi) is 3.89. The van der Waals surface area contributed by atoms with E-state index in [1.165, 1.54) is 5.56 Å². The first-order chi connectivity index (χ1) is 8.19. The molecule has 1 aromatic rings. The van der Waals surface area contributed by atoms with E-state index in [0.717, 1.165) is 30.7 Å². The van der Waals surface area contributed by atoms with Gasteiger partial charge in [0.1, 0.15) is 5.75 Å². The number of anilines is 1. The van der Waals surface area contributed by atoms with Crippen molar-refractivity contribution in [3.8, 4) is 5.75 Å². The maximum Gasteiger partial charge on any atom is 0.142 e. The summed E-state index contributed by atoms with van der Waals surface area (Å²) in [7, 11) is 0. The van der Waals surface area contributed by atoms with Crippen molar-refractivity contribution < 1.29 is 4.74 Å². The second-order valence-electron chi connectivity index (χ2n) is 4.85. The van der Waals surface area contributed by atoms with Crippen LogP contribution in [0, 0.1) is 6.92 Å². The van der Waals surface area contributed by atoms with Gasteiger partial charge in [-0.1, -0.05) is 6.07 Å². The highest BCUT2D eigenvalue weighted by molar-refractivity contribution is 5.58. The molecule has 1 fully saturated rings. The number of benzene rings is 1. The van der Waals surface area contributed by atoms with E-state index in [2.05, 4.69) is 30.4 Å². The minimum absolute atomic E-state index is 0.355. The third-order valence-electron chi connectivity index (χ3n) is 3.27. The number of ether oxygens (including phenoxy) is 1. The van der Waals surface area contributed by atoms with Crippen molar-refractivity contribution in [2.75, 3.05) is 11.9 Å². The molecule has 0 spiro atoms. The molecule has 1 aliphatic rings. The fourth-order valence-electron chi connectivity index (χ4n) is 2.39. The highest BCUT2D eigenvalue weighted by Crippen LogP contribution is 2.29. The van der Waals surface area contributed by atoms with Gasteiger partial charge in [0, 0.05) is 12.1 Å². The van der Waals surface area contributed by atoms with Crippen LogP contribution in [0.5, 0.6) is 5.75 Å². The van der Waals surface area contributed by atoms with Gasteiger partial charge in [-0.15, -0.1) is 0 Å². The average molecular weight is 234 g/mol. The SMILES string of the molecule is CCOc1cc(C)ccc1NC1CCC(N)C1. The Bertz CT molecular complexity index is 378. The standard InChI is InChI=1S/C14H22N2O/c1-3-17-14-8-10(2)4-7-13(14)16-12-6-5-11(15)9-12/h4,7-8,11-12,16H,3,5-6,9,15H2,1-2H3. The summed E-state index contributed by atoms with van der Waals surface area (Å²) in [5.41, 5.74) is 8.25. The van der Waals surface area contributed by atoms with Gasteiger partial charge >= 0.3 is 0 Å². The van der Waals surface area contributed by atoms with Crippen molar-refractivity contribution in [1.82, 2.24) is 0 Å². The van der Waals surface area contributed by atoms with Crippen molar-refractivity contribution in [3.63, 3.8) is 0 Å². The summed E-state index contributed by atoms with van der Waals surface area (Å²) in [4.78, 5) is 0. The number of hydrogen-bond acceptors (Lipinski definition) is 3. The van der Waals surface area contributed by atoms with E-state index in [-0.39, 0.29) is 0 Å². The van der Waals surface area contributed by atoms with E-state index >= 15 is 0 Å². The lowest BCUT2D eigenvalue weighted by Gasteiger charge is -2.17. The molecule has 1 aliphatic carbocycles. The first-order valence-electron chi connectivity index (χ1n) is 6.44. The molecule has 0 saturated heterocycles. The maximum atomic E-state index is 5.93. The molecule has 2 rings (SSSR count). The Morgan fingerprint density at radius 1 is 1.41 bits per heavy atom. The normalized spacial score (nSPS) is 23.7.